The Labute approximate surface area is 128 Å². The summed E-state index contributed by atoms with van der Waals surface area (Å²) < 4.78 is 0. The van der Waals surface area contributed by atoms with Crippen LogP contribution in [0.15, 0.2) is 29.8 Å². The van der Waals surface area contributed by atoms with Gasteiger partial charge < -0.3 is 10.5 Å². The molecule has 2 N–H and O–H groups in total. The number of carbonyl (C=O) groups excluding carboxylic acids is 1. The molecule has 0 bridgehead atoms. The van der Waals surface area contributed by atoms with E-state index in [0.717, 1.165) is 51.2 Å². The van der Waals surface area contributed by atoms with Crippen LogP contribution in [-0.4, -0.2) is 12.3 Å². The molecule has 1 fully saturated rings. The Balaban J connectivity index is 1.95. The number of aryl methyl sites for hydroxylation is 1. The molecular weight excluding hydrogens is 258 g/mol. The minimum Gasteiger partial charge on any atom is -0.328 e. The van der Waals surface area contributed by atoms with Crippen LogP contribution >= 0.6 is 0 Å². The molecule has 0 aromatic heterocycles. The second-order valence-electron chi connectivity index (χ2n) is 6.18. The van der Waals surface area contributed by atoms with E-state index in [0.29, 0.717) is 12.5 Å². The van der Waals surface area contributed by atoms with Gasteiger partial charge in [-0.3, -0.25) is 0 Å². The summed E-state index contributed by atoms with van der Waals surface area (Å²) in [5.74, 6) is 0. The van der Waals surface area contributed by atoms with Crippen LogP contribution in [0.4, 0.5) is 0 Å². The molecule has 0 heterocycles. The van der Waals surface area contributed by atoms with Crippen molar-refractivity contribution in [3.63, 3.8) is 0 Å². The number of hydrogen-bond acceptors (Lipinski definition) is 2. The van der Waals surface area contributed by atoms with E-state index in [1.54, 1.807) is 5.57 Å². The highest BCUT2D eigenvalue weighted by Crippen LogP contribution is 2.30. The van der Waals surface area contributed by atoms with Crippen LogP contribution in [0.2, 0.25) is 0 Å². The lowest BCUT2D eigenvalue weighted by Crippen LogP contribution is -2.23. The van der Waals surface area contributed by atoms with Gasteiger partial charge in [-0.2, -0.15) is 0 Å². The molecule has 0 spiro atoms. The molecule has 0 aliphatic heterocycles. The zero-order valence-corrected chi connectivity index (χ0v) is 13.1. The summed E-state index contributed by atoms with van der Waals surface area (Å²) in [6.07, 6.45) is 9.41. The summed E-state index contributed by atoms with van der Waals surface area (Å²) in [5, 5.41) is 0. The molecule has 0 atom stereocenters. The average molecular weight is 285 g/mol. The fraction of sp³-hybridized carbons (Fsp3) is 0.526. The number of aldehydes is 1. The first-order valence-corrected chi connectivity index (χ1v) is 8.18. The van der Waals surface area contributed by atoms with Gasteiger partial charge in [0.25, 0.3) is 0 Å². The number of hydrogen-bond donors (Lipinski definition) is 1. The zero-order chi connectivity index (χ0) is 15.1. The van der Waals surface area contributed by atoms with Crippen LogP contribution in [0, 0.1) is 0 Å². The predicted octanol–water partition coefficient (Wildman–Crippen LogP) is 4.27. The first-order valence-electron chi connectivity index (χ1n) is 8.18. The average Bonchev–Trinajstić information content (AvgIpc) is 2.52. The van der Waals surface area contributed by atoms with Crippen molar-refractivity contribution in [2.45, 2.75) is 64.3 Å². The zero-order valence-electron chi connectivity index (χ0n) is 13.1. The SMILES string of the molecule is CC(=C1CCC(N)CC1)c1ccc(CCCCC=O)cc1. The van der Waals surface area contributed by atoms with E-state index in [1.807, 2.05) is 0 Å². The molecule has 1 aliphatic rings. The third-order valence-electron chi connectivity index (χ3n) is 4.59. The van der Waals surface area contributed by atoms with E-state index in [1.165, 1.54) is 16.7 Å². The molecule has 2 heteroatoms. The molecule has 21 heavy (non-hydrogen) atoms. The number of allylic oxidation sites excluding steroid dienone is 2. The number of carbonyl (C=O) groups is 1. The van der Waals surface area contributed by atoms with E-state index in [-0.39, 0.29) is 0 Å². The van der Waals surface area contributed by atoms with Gasteiger partial charge in [-0.1, -0.05) is 29.8 Å². The largest absolute Gasteiger partial charge is 0.328 e. The Bertz CT molecular complexity index is 477. The van der Waals surface area contributed by atoms with Crippen molar-refractivity contribution in [3.05, 3.63) is 41.0 Å². The lowest BCUT2D eigenvalue weighted by atomic mass is 9.86. The quantitative estimate of drug-likeness (QED) is 0.626. The van der Waals surface area contributed by atoms with Crippen molar-refractivity contribution < 1.29 is 4.79 Å². The summed E-state index contributed by atoms with van der Waals surface area (Å²) in [6.45, 7) is 2.24. The van der Waals surface area contributed by atoms with Crippen molar-refractivity contribution in [1.29, 1.82) is 0 Å². The Morgan fingerprint density at radius 1 is 1.19 bits per heavy atom. The minimum absolute atomic E-state index is 0.398. The standard InChI is InChI=1S/C19H27NO/c1-15(18-10-12-19(20)13-11-18)17-8-6-16(7-9-17)5-3-2-4-14-21/h6-9,14,19H,2-5,10-13,20H2,1H3. The van der Waals surface area contributed by atoms with Crippen LogP contribution in [0.3, 0.4) is 0 Å². The summed E-state index contributed by atoms with van der Waals surface area (Å²) in [4.78, 5) is 10.3. The first kappa shape index (κ1) is 16.0. The van der Waals surface area contributed by atoms with Crippen molar-refractivity contribution in [2.75, 3.05) is 0 Å². The van der Waals surface area contributed by atoms with Crippen LogP contribution in [-0.2, 0) is 11.2 Å². The van der Waals surface area contributed by atoms with Gasteiger partial charge in [-0.25, -0.2) is 0 Å². The maximum atomic E-state index is 10.3. The van der Waals surface area contributed by atoms with Gasteiger partial charge in [-0.05, 0) is 68.6 Å². The van der Waals surface area contributed by atoms with E-state index in [2.05, 4.69) is 31.2 Å². The maximum Gasteiger partial charge on any atom is 0.119 e. The number of nitrogens with two attached hydrogens (primary N) is 1. The second kappa shape index (κ2) is 8.14. The molecule has 0 amide bonds. The first-order chi connectivity index (χ1) is 10.2. The van der Waals surface area contributed by atoms with Crippen LogP contribution in [0.5, 0.6) is 0 Å². The fourth-order valence-electron chi connectivity index (χ4n) is 3.05. The Hall–Kier alpha value is -1.41. The van der Waals surface area contributed by atoms with E-state index in [4.69, 9.17) is 5.73 Å². The van der Waals surface area contributed by atoms with Crippen LogP contribution < -0.4 is 5.73 Å². The smallest absolute Gasteiger partial charge is 0.119 e. The summed E-state index contributed by atoms with van der Waals surface area (Å²) in [6, 6.07) is 9.34. The van der Waals surface area contributed by atoms with E-state index < -0.39 is 0 Å². The Morgan fingerprint density at radius 2 is 1.86 bits per heavy atom. The van der Waals surface area contributed by atoms with Crippen LogP contribution in [0.25, 0.3) is 5.57 Å². The van der Waals surface area contributed by atoms with Crippen LogP contribution in [0.1, 0.15) is 63.0 Å². The highest BCUT2D eigenvalue weighted by Gasteiger charge is 2.15. The van der Waals surface area contributed by atoms with E-state index in [9.17, 15) is 4.79 Å². The molecule has 0 saturated heterocycles. The van der Waals surface area contributed by atoms with Gasteiger partial charge in [0.15, 0.2) is 0 Å². The number of benzene rings is 1. The molecule has 1 aromatic rings. The van der Waals surface area contributed by atoms with Gasteiger partial charge in [-0.15, -0.1) is 0 Å². The number of rotatable bonds is 6. The highest BCUT2D eigenvalue weighted by atomic mass is 16.1. The molecule has 114 valence electrons. The van der Waals surface area contributed by atoms with Crippen molar-refractivity contribution in [2.24, 2.45) is 5.73 Å². The van der Waals surface area contributed by atoms with Crippen molar-refractivity contribution >= 4 is 11.9 Å². The molecule has 1 aliphatic carbocycles. The third-order valence-corrected chi connectivity index (χ3v) is 4.59. The molecule has 0 unspecified atom stereocenters. The summed E-state index contributed by atoms with van der Waals surface area (Å²) in [5.41, 5.74) is 11.7. The molecule has 1 saturated carbocycles. The molecule has 0 radical (unpaired) electrons. The predicted molar refractivity (Wildman–Crippen MR) is 89.1 cm³/mol. The molecule has 2 rings (SSSR count). The number of unbranched alkanes of at least 4 members (excludes halogenated alkanes) is 2. The van der Waals surface area contributed by atoms with Gasteiger partial charge in [0.2, 0.25) is 0 Å². The van der Waals surface area contributed by atoms with E-state index >= 15 is 0 Å². The summed E-state index contributed by atoms with van der Waals surface area (Å²) in [7, 11) is 0. The normalized spacial score (nSPS) is 18.6. The fourth-order valence-corrected chi connectivity index (χ4v) is 3.05. The molecule has 2 nitrogen and oxygen atoms in total. The monoisotopic (exact) mass is 285 g/mol. The second-order valence-corrected chi connectivity index (χ2v) is 6.18. The maximum absolute atomic E-state index is 10.3. The lowest BCUT2D eigenvalue weighted by molar-refractivity contribution is -0.107. The van der Waals surface area contributed by atoms with Gasteiger partial charge in [0.05, 0.1) is 0 Å². The Morgan fingerprint density at radius 3 is 2.48 bits per heavy atom. The topological polar surface area (TPSA) is 43.1 Å². The van der Waals surface area contributed by atoms with Gasteiger partial charge in [0, 0.05) is 12.5 Å². The highest BCUT2D eigenvalue weighted by molar-refractivity contribution is 5.67. The van der Waals surface area contributed by atoms with Gasteiger partial charge in [0.1, 0.15) is 6.29 Å². The van der Waals surface area contributed by atoms with Crippen molar-refractivity contribution in [3.8, 4) is 0 Å². The molecule has 1 aromatic carbocycles. The molecular formula is C19H27NO. The minimum atomic E-state index is 0.398. The Kier molecular flexibility index (Phi) is 6.19. The lowest BCUT2D eigenvalue weighted by Gasteiger charge is -2.22. The van der Waals surface area contributed by atoms with Gasteiger partial charge >= 0.3 is 0 Å². The van der Waals surface area contributed by atoms with Crippen molar-refractivity contribution in [1.82, 2.24) is 0 Å². The third kappa shape index (κ3) is 4.82. The summed E-state index contributed by atoms with van der Waals surface area (Å²) >= 11 is 0.